The average molecular weight is 425 g/mol. The van der Waals surface area contributed by atoms with Crippen LogP contribution in [0.1, 0.15) is 44.2 Å². The summed E-state index contributed by atoms with van der Waals surface area (Å²) in [5, 5.41) is 14.7. The topological polar surface area (TPSA) is 95.5 Å². The van der Waals surface area contributed by atoms with Crippen LogP contribution in [0.3, 0.4) is 0 Å². The molecule has 0 aromatic heterocycles. The molecule has 2 aromatic rings. The Morgan fingerprint density at radius 1 is 0.935 bits per heavy atom. The lowest BCUT2D eigenvalue weighted by molar-refractivity contribution is -0.142. The minimum absolute atomic E-state index is 0.155. The number of carboxylic acids is 1. The third-order valence-electron chi connectivity index (χ3n) is 5.25. The summed E-state index contributed by atoms with van der Waals surface area (Å²) in [6.45, 7) is 3.59. The molecule has 0 aliphatic carbocycles. The van der Waals surface area contributed by atoms with Crippen LogP contribution < -0.4 is 10.6 Å². The van der Waals surface area contributed by atoms with Crippen molar-refractivity contribution in [3.05, 3.63) is 65.7 Å². The molecule has 166 valence electrons. The van der Waals surface area contributed by atoms with Gasteiger partial charge in [0.15, 0.2) is 0 Å². The highest BCUT2D eigenvalue weighted by molar-refractivity contribution is 5.94. The maximum atomic E-state index is 12.7. The molecular weight excluding hydrogens is 392 g/mol. The highest BCUT2D eigenvalue weighted by Gasteiger charge is 2.24. The fourth-order valence-corrected chi connectivity index (χ4v) is 3.42. The molecule has 0 aliphatic heterocycles. The zero-order valence-corrected chi connectivity index (χ0v) is 18.3. The van der Waals surface area contributed by atoms with E-state index in [0.29, 0.717) is 18.5 Å². The number of nitrogens with one attached hydrogen (secondary N) is 2. The number of rotatable bonds is 12. The second-order valence-corrected chi connectivity index (χ2v) is 7.91. The SMILES string of the molecule is CCCc1ccc(CCC(CC(C)C(=O)O)C(=O)NCC(=O)Nc2ccccc2)cc1. The summed E-state index contributed by atoms with van der Waals surface area (Å²) in [5.41, 5.74) is 3.05. The van der Waals surface area contributed by atoms with Crippen molar-refractivity contribution in [1.29, 1.82) is 0 Å². The van der Waals surface area contributed by atoms with Gasteiger partial charge >= 0.3 is 5.97 Å². The fraction of sp³-hybridized carbons (Fsp3) is 0.400. The van der Waals surface area contributed by atoms with Gasteiger partial charge in [0.05, 0.1) is 12.5 Å². The van der Waals surface area contributed by atoms with E-state index in [-0.39, 0.29) is 24.8 Å². The normalized spacial score (nSPS) is 12.6. The lowest BCUT2D eigenvalue weighted by atomic mass is 9.89. The first-order chi connectivity index (χ1) is 14.9. The van der Waals surface area contributed by atoms with Crippen LogP contribution in [-0.2, 0) is 27.2 Å². The average Bonchev–Trinajstić information content (AvgIpc) is 2.76. The molecule has 0 saturated heterocycles. The smallest absolute Gasteiger partial charge is 0.306 e. The predicted molar refractivity (Wildman–Crippen MR) is 122 cm³/mol. The third-order valence-corrected chi connectivity index (χ3v) is 5.25. The molecular formula is C25H32N2O4. The molecule has 3 N–H and O–H groups in total. The lowest BCUT2D eigenvalue weighted by Gasteiger charge is -2.19. The number of hydrogen-bond acceptors (Lipinski definition) is 3. The summed E-state index contributed by atoms with van der Waals surface area (Å²) in [5.74, 6) is -2.66. The van der Waals surface area contributed by atoms with Crippen LogP contribution in [0, 0.1) is 11.8 Å². The van der Waals surface area contributed by atoms with Gasteiger partial charge in [-0.1, -0.05) is 62.7 Å². The van der Waals surface area contributed by atoms with Gasteiger partial charge in [-0.25, -0.2) is 0 Å². The van der Waals surface area contributed by atoms with Crippen molar-refractivity contribution in [1.82, 2.24) is 5.32 Å². The van der Waals surface area contributed by atoms with Crippen molar-refractivity contribution in [2.24, 2.45) is 11.8 Å². The van der Waals surface area contributed by atoms with Gasteiger partial charge in [0, 0.05) is 11.6 Å². The molecule has 6 heteroatoms. The Bertz CT molecular complexity index is 850. The number of anilines is 1. The summed E-state index contributed by atoms with van der Waals surface area (Å²) in [7, 11) is 0. The monoisotopic (exact) mass is 424 g/mol. The van der Waals surface area contributed by atoms with E-state index in [1.165, 1.54) is 5.56 Å². The maximum Gasteiger partial charge on any atom is 0.306 e. The van der Waals surface area contributed by atoms with Crippen molar-refractivity contribution in [3.8, 4) is 0 Å². The fourth-order valence-electron chi connectivity index (χ4n) is 3.42. The second-order valence-electron chi connectivity index (χ2n) is 7.91. The quantitative estimate of drug-likeness (QED) is 0.479. The van der Waals surface area contributed by atoms with E-state index in [1.807, 2.05) is 18.2 Å². The van der Waals surface area contributed by atoms with Crippen LogP contribution in [0.25, 0.3) is 0 Å². The number of benzene rings is 2. The van der Waals surface area contributed by atoms with E-state index in [0.717, 1.165) is 18.4 Å². The van der Waals surface area contributed by atoms with Gasteiger partial charge in [-0.2, -0.15) is 0 Å². The molecule has 6 nitrogen and oxygen atoms in total. The van der Waals surface area contributed by atoms with Crippen LogP contribution in [0.15, 0.2) is 54.6 Å². The number of amides is 2. The van der Waals surface area contributed by atoms with E-state index in [1.54, 1.807) is 19.1 Å². The van der Waals surface area contributed by atoms with Crippen molar-refractivity contribution >= 4 is 23.5 Å². The van der Waals surface area contributed by atoms with E-state index in [9.17, 15) is 19.5 Å². The highest BCUT2D eigenvalue weighted by atomic mass is 16.4. The number of hydrogen-bond donors (Lipinski definition) is 3. The molecule has 0 fully saturated rings. The Kier molecular flexibility index (Phi) is 9.75. The van der Waals surface area contributed by atoms with Crippen molar-refractivity contribution < 1.29 is 19.5 Å². The van der Waals surface area contributed by atoms with Gasteiger partial charge in [-0.05, 0) is 48.9 Å². The number of para-hydroxylation sites is 1. The Morgan fingerprint density at radius 2 is 1.55 bits per heavy atom. The molecule has 0 aliphatic rings. The van der Waals surface area contributed by atoms with Gasteiger partial charge in [0.2, 0.25) is 11.8 Å². The number of carboxylic acid groups (broad SMARTS) is 1. The number of aliphatic carboxylic acids is 1. The molecule has 0 spiro atoms. The molecule has 0 radical (unpaired) electrons. The summed E-state index contributed by atoms with van der Waals surface area (Å²) in [4.78, 5) is 36.2. The molecule has 31 heavy (non-hydrogen) atoms. The van der Waals surface area contributed by atoms with Crippen molar-refractivity contribution in [3.63, 3.8) is 0 Å². The number of carbonyl (C=O) groups is 3. The number of carbonyl (C=O) groups excluding carboxylic acids is 2. The minimum atomic E-state index is -0.927. The van der Waals surface area contributed by atoms with Crippen LogP contribution in [0.5, 0.6) is 0 Å². The molecule has 0 bridgehead atoms. The first kappa shape index (κ1) is 24.1. The van der Waals surface area contributed by atoms with E-state index < -0.39 is 17.8 Å². The highest BCUT2D eigenvalue weighted by Crippen LogP contribution is 2.20. The van der Waals surface area contributed by atoms with Gasteiger partial charge in [0.25, 0.3) is 0 Å². The van der Waals surface area contributed by atoms with Gasteiger partial charge < -0.3 is 15.7 Å². The molecule has 0 saturated carbocycles. The second kappa shape index (κ2) is 12.5. The zero-order valence-electron chi connectivity index (χ0n) is 18.3. The standard InChI is InChI=1S/C25H32N2O4/c1-3-7-19-10-12-20(13-11-19)14-15-21(16-18(2)25(30)31)24(29)26-17-23(28)27-22-8-5-4-6-9-22/h4-6,8-13,18,21H,3,7,14-17H2,1-2H3,(H,26,29)(H,27,28)(H,30,31). The molecule has 2 rings (SSSR count). The molecule has 2 unspecified atom stereocenters. The summed E-state index contributed by atoms with van der Waals surface area (Å²) in [6.07, 6.45) is 3.55. The number of aryl methyl sites for hydroxylation is 2. The largest absolute Gasteiger partial charge is 0.481 e. The summed E-state index contributed by atoms with van der Waals surface area (Å²) < 4.78 is 0. The van der Waals surface area contributed by atoms with Gasteiger partial charge in [-0.3, -0.25) is 14.4 Å². The molecule has 0 heterocycles. The lowest BCUT2D eigenvalue weighted by Crippen LogP contribution is -2.38. The maximum absolute atomic E-state index is 12.7. The molecule has 2 atom stereocenters. The third kappa shape index (κ3) is 8.62. The van der Waals surface area contributed by atoms with Crippen LogP contribution in [-0.4, -0.2) is 29.4 Å². The Labute approximate surface area is 184 Å². The van der Waals surface area contributed by atoms with Gasteiger partial charge in [-0.15, -0.1) is 0 Å². The van der Waals surface area contributed by atoms with E-state index in [4.69, 9.17) is 0 Å². The van der Waals surface area contributed by atoms with E-state index >= 15 is 0 Å². The Hall–Kier alpha value is -3.15. The van der Waals surface area contributed by atoms with Crippen LogP contribution in [0.4, 0.5) is 5.69 Å². The minimum Gasteiger partial charge on any atom is -0.481 e. The molecule has 2 aromatic carbocycles. The Morgan fingerprint density at radius 3 is 2.13 bits per heavy atom. The van der Waals surface area contributed by atoms with Crippen LogP contribution in [0.2, 0.25) is 0 Å². The van der Waals surface area contributed by atoms with Crippen molar-refractivity contribution in [2.75, 3.05) is 11.9 Å². The van der Waals surface area contributed by atoms with Crippen LogP contribution >= 0.6 is 0 Å². The predicted octanol–water partition coefficient (Wildman–Crippen LogP) is 4.05. The zero-order chi connectivity index (χ0) is 22.6. The Balaban J connectivity index is 1.93. The van der Waals surface area contributed by atoms with Crippen molar-refractivity contribution in [2.45, 2.75) is 46.0 Å². The summed E-state index contributed by atoms with van der Waals surface area (Å²) >= 11 is 0. The first-order valence-corrected chi connectivity index (χ1v) is 10.8. The van der Waals surface area contributed by atoms with Gasteiger partial charge in [0.1, 0.15) is 0 Å². The summed E-state index contributed by atoms with van der Waals surface area (Å²) in [6, 6.07) is 17.3. The van der Waals surface area contributed by atoms with E-state index in [2.05, 4.69) is 41.8 Å². The first-order valence-electron chi connectivity index (χ1n) is 10.8. The molecule has 2 amide bonds.